The zero-order valence-electron chi connectivity index (χ0n) is 74.8. The van der Waals surface area contributed by atoms with Crippen molar-refractivity contribution < 1.29 is 29.6 Å². The summed E-state index contributed by atoms with van der Waals surface area (Å²) < 4.78 is 27.4. The molecule has 15 heteroatoms. The Balaban J connectivity index is 0.000000111. The van der Waals surface area contributed by atoms with Gasteiger partial charge in [-0.1, -0.05) is 94.1 Å². The van der Waals surface area contributed by atoms with Crippen molar-refractivity contribution in [2.24, 2.45) is 170 Å². The van der Waals surface area contributed by atoms with Crippen LogP contribution in [0.1, 0.15) is 272 Å². The Morgan fingerprint density at radius 3 is 0.967 bits per heavy atom. The maximum Gasteiger partial charge on any atom is 0.127 e. The highest BCUT2D eigenvalue weighted by atomic mass is 35.5. The predicted octanol–water partition coefficient (Wildman–Crippen LogP) is 22.0. The summed E-state index contributed by atoms with van der Waals surface area (Å²) in [5.74, 6) is 28.8. The molecule has 4 aromatic rings. The molecule has 17 aliphatic carbocycles. The van der Waals surface area contributed by atoms with Gasteiger partial charge in [-0.25, -0.2) is 24.3 Å². The predicted molar refractivity (Wildman–Crippen MR) is 480 cm³/mol. The van der Waals surface area contributed by atoms with E-state index in [0.29, 0.717) is 94.4 Å². The molecule has 4 heterocycles. The summed E-state index contributed by atoms with van der Waals surface area (Å²) in [7, 11) is 1.72. The molecule has 4 aromatic heterocycles. The molecule has 0 radical (unpaired) electrons. The number of nitrogens with zero attached hydrogens (tertiary/aromatic N) is 8. The molecule has 32 atom stereocenters. The Hall–Kier alpha value is -5.06. The van der Waals surface area contributed by atoms with Crippen molar-refractivity contribution in [3.8, 4) is 23.1 Å². The van der Waals surface area contributed by atoms with Crippen molar-refractivity contribution in [3.05, 3.63) is 123 Å². The van der Waals surface area contributed by atoms with Crippen LogP contribution in [0.2, 0.25) is 0 Å². The van der Waals surface area contributed by atoms with E-state index in [-0.39, 0.29) is 0 Å². The molecule has 0 aromatic carbocycles. The molecule has 17 fully saturated rings. The second kappa shape index (κ2) is 34.8. The van der Waals surface area contributed by atoms with E-state index in [1.54, 1.807) is 7.11 Å². The third-order valence-electron chi connectivity index (χ3n) is 40.0. The number of allylic oxidation sites excluding steroid dienone is 4. The topological polar surface area (TPSA) is 161 Å². The molecule has 121 heavy (non-hydrogen) atoms. The van der Waals surface area contributed by atoms with Crippen LogP contribution in [0.5, 0.6) is 0 Å². The summed E-state index contributed by atoms with van der Waals surface area (Å²) in [6.45, 7) is 32.1. The number of ether oxygens (including phenoxy) is 1. The third kappa shape index (κ3) is 16.9. The number of aliphatic hydroxyl groups is 4. The third-order valence-corrected chi connectivity index (χ3v) is 40.1. The van der Waals surface area contributed by atoms with Crippen LogP contribution in [0.15, 0.2) is 123 Å². The van der Waals surface area contributed by atoms with Crippen LogP contribution < -0.4 is 0 Å². The van der Waals surface area contributed by atoms with Crippen LogP contribution in [0.25, 0.3) is 0 Å². The lowest BCUT2D eigenvalue weighted by atomic mass is 9.48. The minimum Gasteiger partial charge on any atom is -0.387 e. The average Bonchev–Trinajstić information content (AvgIpc) is 1.40. The van der Waals surface area contributed by atoms with Crippen molar-refractivity contribution in [3.63, 3.8) is 0 Å². The van der Waals surface area contributed by atoms with Crippen molar-refractivity contribution >= 4 is 11.6 Å². The SMILES string of the molecule is C=C(Cn1ccnc1)[C@H]1CC[C@H]2[C@@H]3CC[C@H]4C[C@@](O)(C#CC5CC5)CC[C@@H]4[C@H]3CC[C@]12C.C=C(Cn1ccnc1)[C@H]1CC[C@H]2[C@@H]3CC[C@H]4C[C@@](O)(C#CCl)CC[C@@H]4[C@H]3CC[C@]12C.C=C(Cn1ccnc1)[C@H]1CC[C@H]2[C@@H]3CC[C@H]4C[C@@](O)(CF)CC[C@@H]4[C@H]3CC[C@]12C.C=C(Cn1ccnc1)[C@H]1CC[C@H]2[C@@H]3CC[C@H]4C[C@@](O)(COC)CC[C@@H]4[C@H]3CC[C@]12C. The molecule has 17 aliphatic rings. The number of halogens is 2. The fourth-order valence-electron chi connectivity index (χ4n) is 34.6. The Labute approximate surface area is 731 Å². The molecule has 13 nitrogen and oxygen atoms in total. The number of fused-ring (bicyclic) bond motifs is 20. The Morgan fingerprint density at radius 1 is 0.372 bits per heavy atom. The molecule has 0 spiro atoms. The summed E-state index contributed by atoms with van der Waals surface area (Å²) >= 11 is 5.64. The van der Waals surface area contributed by atoms with Crippen LogP contribution in [0.4, 0.5) is 4.39 Å². The van der Waals surface area contributed by atoms with Crippen molar-refractivity contribution in [2.75, 3.05) is 20.4 Å². The van der Waals surface area contributed by atoms with Gasteiger partial charge in [0.1, 0.15) is 17.9 Å². The van der Waals surface area contributed by atoms with Gasteiger partial charge in [-0.05, 0) is 419 Å². The summed E-state index contributed by atoms with van der Waals surface area (Å²) in [4.78, 5) is 16.8. The van der Waals surface area contributed by atoms with Gasteiger partial charge >= 0.3 is 0 Å². The van der Waals surface area contributed by atoms with Gasteiger partial charge in [-0.3, -0.25) is 0 Å². The van der Waals surface area contributed by atoms with Gasteiger partial charge in [-0.2, -0.15) is 0 Å². The second-order valence-corrected chi connectivity index (χ2v) is 46.0. The van der Waals surface area contributed by atoms with E-state index in [4.69, 9.17) is 16.3 Å². The van der Waals surface area contributed by atoms with Gasteiger partial charge in [0, 0.05) is 94.2 Å². The highest BCUT2D eigenvalue weighted by Crippen LogP contribution is 2.71. The molecular weight excluding hydrogens is 1520 g/mol. The van der Waals surface area contributed by atoms with E-state index in [9.17, 15) is 24.8 Å². The summed E-state index contributed by atoms with van der Waals surface area (Å²) in [6, 6.07) is 0. The molecule has 0 saturated heterocycles. The van der Waals surface area contributed by atoms with Crippen molar-refractivity contribution in [1.82, 2.24) is 38.2 Å². The molecule has 0 bridgehead atoms. The van der Waals surface area contributed by atoms with Crippen LogP contribution >= 0.6 is 11.6 Å². The maximum absolute atomic E-state index is 13.4. The molecule has 660 valence electrons. The smallest absolute Gasteiger partial charge is 0.127 e. The number of rotatable bonds is 15. The monoisotopic (exact) mass is 1670 g/mol. The molecule has 0 aliphatic heterocycles. The van der Waals surface area contributed by atoms with Crippen molar-refractivity contribution in [1.29, 1.82) is 0 Å². The molecule has 0 unspecified atom stereocenters. The van der Waals surface area contributed by atoms with E-state index in [0.717, 1.165) is 172 Å². The number of methoxy groups -OCH3 is 1. The molecule has 4 N–H and O–H groups in total. The number of imidazole rings is 4. The second-order valence-electron chi connectivity index (χ2n) is 45.8. The lowest BCUT2D eigenvalue weighted by molar-refractivity contribution is -0.123. The van der Waals surface area contributed by atoms with Crippen molar-refractivity contribution in [2.45, 2.75) is 320 Å². The van der Waals surface area contributed by atoms with E-state index < -0.39 is 29.1 Å². The van der Waals surface area contributed by atoms with Crippen LogP contribution in [0, 0.1) is 193 Å². The number of hydrogen-bond acceptors (Lipinski definition) is 9. The number of alkyl halides is 1. The largest absolute Gasteiger partial charge is 0.387 e. The van der Waals surface area contributed by atoms with E-state index in [1.807, 2.05) is 56.3 Å². The van der Waals surface area contributed by atoms with E-state index in [1.165, 1.54) is 202 Å². The first-order valence-corrected chi connectivity index (χ1v) is 49.8. The van der Waals surface area contributed by atoms with E-state index in [2.05, 4.69) is 134 Å². The number of hydrogen-bond donors (Lipinski definition) is 4. The van der Waals surface area contributed by atoms with Gasteiger partial charge < -0.3 is 43.4 Å². The first-order chi connectivity index (χ1) is 58.3. The molecular formula is C106H152ClFN8O5. The molecule has 0 amide bonds. The lowest BCUT2D eigenvalue weighted by Gasteiger charge is -2.57. The quantitative estimate of drug-likeness (QED) is 0.0671. The van der Waals surface area contributed by atoms with Gasteiger partial charge in [0.05, 0.1) is 43.1 Å². The van der Waals surface area contributed by atoms with Gasteiger partial charge in [0.25, 0.3) is 0 Å². The van der Waals surface area contributed by atoms with Gasteiger partial charge in [-0.15, -0.1) is 0 Å². The zero-order valence-corrected chi connectivity index (χ0v) is 75.6. The maximum atomic E-state index is 13.4. The summed E-state index contributed by atoms with van der Waals surface area (Å²) in [5.41, 5.74) is 4.11. The minimum atomic E-state index is -1.03. The first-order valence-electron chi connectivity index (χ1n) is 49.4. The average molecular weight is 1670 g/mol. The molecule has 17 saturated carbocycles. The summed E-state index contributed by atoms with van der Waals surface area (Å²) in [6.07, 6.45) is 69.1. The normalized spacial score (nSPS) is 45.5. The first kappa shape index (κ1) is 86.7. The minimum absolute atomic E-state index is 0.389. The van der Waals surface area contributed by atoms with Gasteiger partial charge in [0.15, 0.2) is 0 Å². The Bertz CT molecular complexity index is 4380. The zero-order chi connectivity index (χ0) is 84.0. The Morgan fingerprint density at radius 2 is 0.669 bits per heavy atom. The molecule has 21 rings (SSSR count). The van der Waals surface area contributed by atoms with Crippen LogP contribution in [-0.4, -0.2) is 101 Å². The summed E-state index contributed by atoms with van der Waals surface area (Å²) in [5, 5.41) is 45.9. The standard InChI is InChI=1S/C29H40N2O.C26H35ClN2O.C26H40N2O2.C25H37FN2O/c1-20(18-31-16-15-30-19-31)26-7-8-27-25-6-5-22-17-29(32,13-9-21-3-4-21)14-11-23(22)24(25)10-12-28(26,27)2;1-18(16-29-14-13-28-17-29)23-5-6-24-22-4-3-19-15-26(30,11-12-27)10-8-20(19)21(22)7-9-25(23,24)2;1-18(15-28-13-12-27-17-28)23-6-7-24-22-5-4-19-14-26(29,16-30-3)11-9-20(19)21(22)8-10-25(23,24)2;1-17(14-28-12-11-27-16-28)22-5-6-23-21-4-3-18-13-25(29,15-26)10-8-19(18)20(21)7-9-24(22,23)2/h15-16,19,21-27,32H,1,3-8,10-12,14,17-18H2,2H3;13-14,17,19-24,30H,1,3-10,15-16H2,2H3;12-13,17,19-24,29H,1,4-11,14-16H2,2-3H3;11-12,16,18-23,29H,1,3-10,13-15H2,2H3/t22-,23-,24+,25+,26+,27-,28+,29+;19-,20-,21+,22+,23+,24-,25+,26-;19-,20-,21+,22+,23+,24-,25+,26+;18-,19-,20+,21+,22+,23-,24+,25+/m0000/s1. The Kier molecular flexibility index (Phi) is 25.0. The fraction of sp³-hybridized carbons (Fsp3) is 0.774. The highest BCUT2D eigenvalue weighted by Gasteiger charge is 2.64. The van der Waals surface area contributed by atoms with Crippen LogP contribution in [-0.2, 0) is 30.9 Å². The van der Waals surface area contributed by atoms with E-state index >= 15 is 0 Å². The lowest BCUT2D eigenvalue weighted by Crippen LogP contribution is -2.52. The fourth-order valence-corrected chi connectivity index (χ4v) is 34.7. The highest BCUT2D eigenvalue weighted by molar-refractivity contribution is 6.30. The number of aromatic nitrogens is 8. The van der Waals surface area contributed by atoms with Gasteiger partial charge in [0.2, 0.25) is 0 Å². The van der Waals surface area contributed by atoms with Crippen LogP contribution in [0.3, 0.4) is 0 Å².